The molecule has 0 bridgehead atoms. The van der Waals surface area contributed by atoms with Crippen molar-refractivity contribution in [2.75, 3.05) is 6.61 Å². The molecule has 0 heterocycles. The van der Waals surface area contributed by atoms with Crippen LogP contribution in [0.3, 0.4) is 0 Å². The average molecular weight is 361 g/mol. The summed E-state index contributed by atoms with van der Waals surface area (Å²) in [7, 11) is 0. The summed E-state index contributed by atoms with van der Waals surface area (Å²) in [5.74, 6) is -0.280. The molecule has 1 aromatic rings. The molecule has 1 saturated carbocycles. The highest BCUT2D eigenvalue weighted by atomic mass is 16.6. The second kappa shape index (κ2) is 8.66. The van der Waals surface area contributed by atoms with E-state index in [0.29, 0.717) is 31.8 Å². The average Bonchev–Trinajstić information content (AvgIpc) is 2.87. The number of carboxylic acid groups (broad SMARTS) is 1. The summed E-state index contributed by atoms with van der Waals surface area (Å²) in [6, 6.07) is 9.62. The number of allylic oxidation sites excluding steroid dienone is 1. The van der Waals surface area contributed by atoms with E-state index in [0.717, 1.165) is 24.1 Å². The molecule has 142 valence electrons. The number of rotatable bonds is 10. The molecule has 1 aromatic carbocycles. The second-order valence-electron chi connectivity index (χ2n) is 7.20. The van der Waals surface area contributed by atoms with Crippen LogP contribution in [0.4, 0.5) is 0 Å². The number of hydrogen-bond acceptors (Lipinski definition) is 5. The maximum atomic E-state index is 10.5. The lowest BCUT2D eigenvalue weighted by Crippen LogP contribution is -2.30. The lowest BCUT2D eigenvalue weighted by molar-refractivity contribution is -0.137. The van der Waals surface area contributed by atoms with Crippen molar-refractivity contribution in [3.63, 3.8) is 0 Å². The Bertz CT molecular complexity index is 645. The number of aliphatic carboxylic acids is 1. The zero-order valence-electron chi connectivity index (χ0n) is 14.8. The quantitative estimate of drug-likeness (QED) is 0.378. The minimum Gasteiger partial charge on any atom is -0.481 e. The molecule has 2 aliphatic carbocycles. The Morgan fingerprint density at radius 2 is 2.04 bits per heavy atom. The smallest absolute Gasteiger partial charge is 0.303 e. The van der Waals surface area contributed by atoms with Crippen molar-refractivity contribution in [3.8, 4) is 0 Å². The van der Waals surface area contributed by atoms with Gasteiger partial charge in [0.1, 0.15) is 0 Å². The van der Waals surface area contributed by atoms with E-state index in [1.54, 1.807) is 0 Å². The van der Waals surface area contributed by atoms with Crippen molar-refractivity contribution in [3.05, 3.63) is 47.2 Å². The van der Waals surface area contributed by atoms with Gasteiger partial charge in [-0.25, -0.2) is 0 Å². The molecule has 2 aliphatic rings. The number of aliphatic hydroxyl groups is 2. The standard InChI is InChI=1S/C20H27NO5/c22-18(13-5-2-1-3-6-13)9-8-14-15-11-17(16(15)12-19(14)23)21-26-10-4-7-20(24)25/h1-3,5-6,14-15,18-19,21-23H,4,7-12H2,(H,24,25). The largest absolute Gasteiger partial charge is 0.481 e. The van der Waals surface area contributed by atoms with Crippen molar-refractivity contribution < 1.29 is 25.0 Å². The highest BCUT2D eigenvalue weighted by Crippen LogP contribution is 2.51. The Balaban J connectivity index is 1.44. The summed E-state index contributed by atoms with van der Waals surface area (Å²) in [5, 5.41) is 29.3. The molecule has 0 aliphatic heterocycles. The summed E-state index contributed by atoms with van der Waals surface area (Å²) in [6.07, 6.45) is 2.63. The molecule has 0 spiro atoms. The predicted molar refractivity (Wildman–Crippen MR) is 95.8 cm³/mol. The second-order valence-corrected chi connectivity index (χ2v) is 7.20. The third-order valence-electron chi connectivity index (χ3n) is 5.49. The fourth-order valence-electron chi connectivity index (χ4n) is 4.02. The van der Waals surface area contributed by atoms with Gasteiger partial charge in [-0.2, -0.15) is 0 Å². The Morgan fingerprint density at radius 3 is 2.77 bits per heavy atom. The predicted octanol–water partition coefficient (Wildman–Crippen LogP) is 2.54. The maximum absolute atomic E-state index is 10.5. The number of benzene rings is 1. The van der Waals surface area contributed by atoms with E-state index in [1.807, 2.05) is 30.3 Å². The maximum Gasteiger partial charge on any atom is 0.303 e. The molecule has 26 heavy (non-hydrogen) atoms. The summed E-state index contributed by atoms with van der Waals surface area (Å²) >= 11 is 0. The van der Waals surface area contributed by atoms with Crippen LogP contribution in [-0.4, -0.2) is 34.0 Å². The van der Waals surface area contributed by atoms with Crippen LogP contribution in [0.1, 0.15) is 50.2 Å². The van der Waals surface area contributed by atoms with Crippen LogP contribution in [-0.2, 0) is 9.63 Å². The van der Waals surface area contributed by atoms with Crippen molar-refractivity contribution in [1.29, 1.82) is 0 Å². The SMILES string of the molecule is O=C(O)CCCONC1=C2CC(O)C(CCC(O)c3ccccc3)C2C1. The van der Waals surface area contributed by atoms with Gasteiger partial charge >= 0.3 is 5.97 Å². The number of carboxylic acids is 1. The number of hydroxylamine groups is 1. The van der Waals surface area contributed by atoms with Gasteiger partial charge in [0, 0.05) is 12.1 Å². The highest BCUT2D eigenvalue weighted by Gasteiger charge is 2.45. The monoisotopic (exact) mass is 361 g/mol. The Labute approximate surface area is 153 Å². The van der Waals surface area contributed by atoms with Crippen molar-refractivity contribution in [1.82, 2.24) is 5.48 Å². The summed E-state index contributed by atoms with van der Waals surface area (Å²) in [6.45, 7) is 0.350. The van der Waals surface area contributed by atoms with E-state index in [4.69, 9.17) is 9.94 Å². The molecule has 0 aromatic heterocycles. The topological polar surface area (TPSA) is 99.0 Å². The molecule has 4 atom stereocenters. The molecular formula is C20H27NO5. The first kappa shape index (κ1) is 18.9. The highest BCUT2D eigenvalue weighted by molar-refractivity contribution is 5.66. The van der Waals surface area contributed by atoms with E-state index < -0.39 is 12.1 Å². The van der Waals surface area contributed by atoms with Crippen LogP contribution in [0, 0.1) is 11.8 Å². The zero-order chi connectivity index (χ0) is 18.5. The van der Waals surface area contributed by atoms with Crippen molar-refractivity contribution in [2.24, 2.45) is 11.8 Å². The number of aliphatic hydroxyl groups excluding tert-OH is 2. The van der Waals surface area contributed by atoms with Crippen LogP contribution in [0.5, 0.6) is 0 Å². The third kappa shape index (κ3) is 4.44. The molecular weight excluding hydrogens is 334 g/mol. The normalized spacial score (nSPS) is 25.5. The number of fused-ring (bicyclic) bond motifs is 1. The Hall–Kier alpha value is -1.89. The van der Waals surface area contributed by atoms with Gasteiger partial charge in [-0.15, -0.1) is 0 Å². The van der Waals surface area contributed by atoms with Crippen LogP contribution in [0.15, 0.2) is 41.6 Å². The number of hydrogen-bond donors (Lipinski definition) is 4. The van der Waals surface area contributed by atoms with Crippen LogP contribution >= 0.6 is 0 Å². The third-order valence-corrected chi connectivity index (χ3v) is 5.49. The van der Waals surface area contributed by atoms with E-state index >= 15 is 0 Å². The lowest BCUT2D eigenvalue weighted by atomic mass is 9.77. The van der Waals surface area contributed by atoms with E-state index in [9.17, 15) is 15.0 Å². The fourth-order valence-corrected chi connectivity index (χ4v) is 4.02. The molecule has 6 nitrogen and oxygen atoms in total. The van der Waals surface area contributed by atoms with E-state index in [1.165, 1.54) is 5.57 Å². The molecule has 4 N–H and O–H groups in total. The molecule has 4 unspecified atom stereocenters. The van der Waals surface area contributed by atoms with Crippen LogP contribution in [0.25, 0.3) is 0 Å². The number of carbonyl (C=O) groups is 1. The summed E-state index contributed by atoms with van der Waals surface area (Å²) < 4.78 is 0. The Morgan fingerprint density at radius 1 is 1.27 bits per heavy atom. The van der Waals surface area contributed by atoms with Crippen LogP contribution in [0.2, 0.25) is 0 Å². The van der Waals surface area contributed by atoms with E-state index in [-0.39, 0.29) is 18.4 Å². The van der Waals surface area contributed by atoms with Crippen LogP contribution < -0.4 is 5.48 Å². The first-order valence-corrected chi connectivity index (χ1v) is 9.29. The van der Waals surface area contributed by atoms with Gasteiger partial charge in [0.25, 0.3) is 0 Å². The summed E-state index contributed by atoms with van der Waals surface area (Å²) in [4.78, 5) is 15.8. The minimum atomic E-state index is -0.821. The van der Waals surface area contributed by atoms with Gasteiger partial charge in [0.15, 0.2) is 0 Å². The molecule has 0 amide bonds. The zero-order valence-corrected chi connectivity index (χ0v) is 14.8. The van der Waals surface area contributed by atoms with Gasteiger partial charge in [-0.3, -0.25) is 15.1 Å². The molecule has 1 fully saturated rings. The first-order chi connectivity index (χ1) is 12.6. The first-order valence-electron chi connectivity index (χ1n) is 9.29. The van der Waals surface area contributed by atoms with Gasteiger partial charge in [0.2, 0.25) is 0 Å². The fraction of sp³-hybridized carbons (Fsp3) is 0.550. The Kier molecular flexibility index (Phi) is 6.29. The van der Waals surface area contributed by atoms with Gasteiger partial charge in [0.05, 0.1) is 18.8 Å². The molecule has 0 radical (unpaired) electrons. The van der Waals surface area contributed by atoms with Gasteiger partial charge < -0.3 is 15.3 Å². The number of nitrogens with one attached hydrogen (secondary N) is 1. The molecule has 3 rings (SSSR count). The summed E-state index contributed by atoms with van der Waals surface area (Å²) in [5.41, 5.74) is 6.08. The lowest BCUT2D eigenvalue weighted by Gasteiger charge is -2.32. The van der Waals surface area contributed by atoms with E-state index in [2.05, 4.69) is 5.48 Å². The molecule has 6 heteroatoms. The van der Waals surface area contributed by atoms with Crippen molar-refractivity contribution in [2.45, 2.75) is 50.7 Å². The van der Waals surface area contributed by atoms with Gasteiger partial charge in [-0.1, -0.05) is 30.3 Å². The van der Waals surface area contributed by atoms with Crippen molar-refractivity contribution >= 4 is 5.97 Å². The van der Waals surface area contributed by atoms with Gasteiger partial charge in [-0.05, 0) is 55.1 Å². The molecule has 0 saturated heterocycles. The minimum absolute atomic E-state index is 0.0980.